The van der Waals surface area contributed by atoms with Crippen molar-refractivity contribution < 1.29 is 45.0 Å². The number of aromatic nitrogens is 3. The zero-order valence-electron chi connectivity index (χ0n) is 18.8. The number of ether oxygens (including phenoxy) is 2. The number of benzene rings is 2. The third-order valence-electron chi connectivity index (χ3n) is 5.34. The quantitative estimate of drug-likeness (QED) is 0.496. The first-order valence-electron chi connectivity index (χ1n) is 10.5. The van der Waals surface area contributed by atoms with Gasteiger partial charge in [-0.25, -0.2) is 9.18 Å². The highest BCUT2D eigenvalue weighted by Crippen LogP contribution is 2.33. The van der Waals surface area contributed by atoms with Crippen molar-refractivity contribution in [2.24, 2.45) is 0 Å². The van der Waals surface area contributed by atoms with Crippen LogP contribution >= 0.6 is 0 Å². The van der Waals surface area contributed by atoms with E-state index in [0.717, 1.165) is 18.2 Å². The fourth-order valence-corrected chi connectivity index (χ4v) is 3.58. The van der Waals surface area contributed by atoms with Gasteiger partial charge in [0.25, 0.3) is 5.91 Å². The van der Waals surface area contributed by atoms with E-state index in [-0.39, 0.29) is 36.8 Å². The molecule has 3 aromatic rings. The van der Waals surface area contributed by atoms with Gasteiger partial charge in [-0.3, -0.25) is 9.36 Å². The van der Waals surface area contributed by atoms with Crippen molar-refractivity contribution in [3.05, 3.63) is 69.1 Å². The molecule has 15 heteroatoms. The molecule has 0 aliphatic carbocycles. The van der Waals surface area contributed by atoms with Crippen molar-refractivity contribution in [1.29, 1.82) is 0 Å². The Morgan fingerprint density at radius 3 is 2.51 bits per heavy atom. The van der Waals surface area contributed by atoms with Gasteiger partial charge in [0.1, 0.15) is 23.9 Å². The average Bonchev–Trinajstić information content (AvgIpc) is 3.14. The lowest BCUT2D eigenvalue weighted by Crippen LogP contribution is -2.29. The molecule has 0 spiro atoms. The lowest BCUT2D eigenvalue weighted by atomic mass is 10.1. The molecule has 2 heterocycles. The van der Waals surface area contributed by atoms with Crippen molar-refractivity contribution in [2.75, 3.05) is 18.5 Å². The maximum atomic E-state index is 15.1. The molecule has 0 bridgehead atoms. The Morgan fingerprint density at radius 1 is 1.16 bits per heavy atom. The fourth-order valence-electron chi connectivity index (χ4n) is 3.58. The minimum Gasteiger partial charge on any atom is -0.483 e. The van der Waals surface area contributed by atoms with E-state index < -0.39 is 58.9 Å². The summed E-state index contributed by atoms with van der Waals surface area (Å²) in [6.07, 6.45) is -9.46. The normalized spacial score (nSPS) is 13.8. The highest BCUT2D eigenvalue weighted by Gasteiger charge is 2.32. The Morgan fingerprint density at radius 2 is 1.89 bits per heavy atom. The number of hydrogen-bond donors (Lipinski definition) is 1. The summed E-state index contributed by atoms with van der Waals surface area (Å²) in [5.74, 6) is -2.92. The topological polar surface area (TPSA) is 87.4 Å². The monoisotopic (exact) mass is 534 g/mol. The van der Waals surface area contributed by atoms with Crippen LogP contribution in [-0.2, 0) is 24.1 Å². The van der Waals surface area contributed by atoms with Crippen LogP contribution in [0.5, 0.6) is 5.75 Å². The lowest BCUT2D eigenvalue weighted by molar-refractivity contribution is -0.153. The predicted octanol–water partition coefficient (Wildman–Crippen LogP) is 4.22. The van der Waals surface area contributed by atoms with E-state index in [1.807, 2.05) is 0 Å². The summed E-state index contributed by atoms with van der Waals surface area (Å²) < 4.78 is 104. The van der Waals surface area contributed by atoms with Gasteiger partial charge in [0.05, 0.1) is 24.3 Å². The number of carbonyl (C=O) groups excluding carboxylic acids is 1. The maximum Gasteiger partial charge on any atom is 0.422 e. The number of aryl methyl sites for hydroxylation is 1. The van der Waals surface area contributed by atoms with Crippen LogP contribution in [0.15, 0.2) is 35.1 Å². The molecule has 4 rings (SSSR count). The first-order chi connectivity index (χ1) is 17.2. The number of anilines is 1. The van der Waals surface area contributed by atoms with Gasteiger partial charge in [-0.1, -0.05) is 0 Å². The Labute approximate surface area is 203 Å². The van der Waals surface area contributed by atoms with Crippen molar-refractivity contribution >= 4 is 11.6 Å². The second-order valence-corrected chi connectivity index (χ2v) is 8.00. The van der Waals surface area contributed by atoms with Crippen molar-refractivity contribution in [3.63, 3.8) is 0 Å². The molecule has 8 nitrogen and oxygen atoms in total. The van der Waals surface area contributed by atoms with Crippen LogP contribution in [0.4, 0.5) is 36.4 Å². The third-order valence-corrected chi connectivity index (χ3v) is 5.34. The summed E-state index contributed by atoms with van der Waals surface area (Å²) in [4.78, 5) is 25.5. The predicted molar refractivity (Wildman–Crippen MR) is 113 cm³/mol. The number of hydrogen-bond acceptors (Lipinski definition) is 5. The minimum absolute atomic E-state index is 0.00427. The van der Waals surface area contributed by atoms with E-state index in [1.165, 1.54) is 11.5 Å². The molecule has 1 aliphatic rings. The molecule has 1 aliphatic heterocycles. The van der Waals surface area contributed by atoms with Gasteiger partial charge < -0.3 is 14.8 Å². The Kier molecular flexibility index (Phi) is 6.75. The molecular weight excluding hydrogens is 517 g/mol. The average molecular weight is 534 g/mol. The summed E-state index contributed by atoms with van der Waals surface area (Å²) in [6.45, 7) is -0.301. The number of rotatable bonds is 5. The summed E-state index contributed by atoms with van der Waals surface area (Å²) in [5, 5.41) is 6.19. The maximum absolute atomic E-state index is 15.1. The van der Waals surface area contributed by atoms with E-state index in [1.54, 1.807) is 0 Å². The molecule has 198 valence electrons. The zero-order valence-corrected chi connectivity index (χ0v) is 18.8. The summed E-state index contributed by atoms with van der Waals surface area (Å²) in [7, 11) is 0. The number of amides is 1. The number of nitrogens with zero attached hydrogens (tertiary/aromatic N) is 3. The number of fused-ring (bicyclic) bond motifs is 1. The largest absolute Gasteiger partial charge is 0.483 e. The van der Waals surface area contributed by atoms with Crippen LogP contribution in [-0.4, -0.2) is 39.6 Å². The molecule has 1 N–H and O–H groups in total. The highest BCUT2D eigenvalue weighted by atomic mass is 19.4. The molecule has 37 heavy (non-hydrogen) atoms. The minimum atomic E-state index is -4.83. The second-order valence-electron chi connectivity index (χ2n) is 8.00. The Hall–Kier alpha value is -3.88. The SMILES string of the molecule is Cc1cc(C(F)(F)F)ccc1NC(=O)c1cc(F)c(-n2nc3n(c2=O)CCOC3)cc1OCC(F)(F)F. The van der Waals surface area contributed by atoms with Gasteiger partial charge >= 0.3 is 18.0 Å². The summed E-state index contributed by atoms with van der Waals surface area (Å²) >= 11 is 0. The lowest BCUT2D eigenvalue weighted by Gasteiger charge is -2.16. The summed E-state index contributed by atoms with van der Waals surface area (Å²) in [5.41, 5.74) is -3.13. The van der Waals surface area contributed by atoms with Gasteiger partial charge in [-0.05, 0) is 36.8 Å². The number of carbonyl (C=O) groups is 1. The van der Waals surface area contributed by atoms with E-state index in [0.29, 0.717) is 16.8 Å². The Bertz CT molecular complexity index is 1410. The van der Waals surface area contributed by atoms with Crippen LogP contribution in [0.3, 0.4) is 0 Å². The van der Waals surface area contributed by atoms with Gasteiger partial charge in [0, 0.05) is 11.8 Å². The molecule has 1 amide bonds. The van der Waals surface area contributed by atoms with Crippen LogP contribution in [0.1, 0.15) is 27.3 Å². The molecule has 0 unspecified atom stereocenters. The summed E-state index contributed by atoms with van der Waals surface area (Å²) in [6, 6.07) is 3.68. The van der Waals surface area contributed by atoms with Crippen molar-refractivity contribution in [2.45, 2.75) is 32.4 Å². The molecular formula is C22H17F7N4O4. The van der Waals surface area contributed by atoms with E-state index in [4.69, 9.17) is 9.47 Å². The molecule has 1 aromatic heterocycles. The van der Waals surface area contributed by atoms with Crippen LogP contribution in [0, 0.1) is 12.7 Å². The Balaban J connectivity index is 1.73. The van der Waals surface area contributed by atoms with Crippen LogP contribution in [0.25, 0.3) is 5.69 Å². The van der Waals surface area contributed by atoms with Gasteiger partial charge in [-0.2, -0.15) is 31.0 Å². The van der Waals surface area contributed by atoms with Crippen molar-refractivity contribution in [1.82, 2.24) is 14.3 Å². The zero-order chi connectivity index (χ0) is 27.1. The van der Waals surface area contributed by atoms with Gasteiger partial charge in [0.15, 0.2) is 12.4 Å². The van der Waals surface area contributed by atoms with E-state index in [9.17, 15) is 35.9 Å². The number of nitrogens with one attached hydrogen (secondary N) is 1. The smallest absolute Gasteiger partial charge is 0.422 e. The second kappa shape index (κ2) is 9.53. The number of alkyl halides is 6. The van der Waals surface area contributed by atoms with Gasteiger partial charge in [-0.15, -0.1) is 5.10 Å². The molecule has 0 fully saturated rings. The molecule has 0 saturated heterocycles. The fraction of sp³-hybridized carbons (Fsp3) is 0.318. The van der Waals surface area contributed by atoms with Crippen LogP contribution < -0.4 is 15.7 Å². The van der Waals surface area contributed by atoms with E-state index >= 15 is 4.39 Å². The standard InChI is InChI=1S/C22H17F7N4O4/c1-11-6-12(22(27,28)29)2-3-15(11)30-19(34)13-7-14(23)16(8-17(13)37-10-21(24,25)26)33-20(35)32-4-5-36-9-18(32)31-33/h2-3,6-8H,4-5,9-10H2,1H3,(H,30,34). The molecule has 0 radical (unpaired) electrons. The number of halogens is 7. The molecule has 0 atom stereocenters. The highest BCUT2D eigenvalue weighted by molar-refractivity contribution is 6.06. The van der Waals surface area contributed by atoms with E-state index in [2.05, 4.69) is 10.4 Å². The molecule has 0 saturated carbocycles. The first-order valence-corrected chi connectivity index (χ1v) is 10.5. The van der Waals surface area contributed by atoms with Crippen molar-refractivity contribution in [3.8, 4) is 11.4 Å². The first kappa shape index (κ1) is 26.2. The molecule has 2 aromatic carbocycles. The third kappa shape index (κ3) is 5.60. The van der Waals surface area contributed by atoms with Crippen LogP contribution in [0.2, 0.25) is 0 Å². The van der Waals surface area contributed by atoms with Gasteiger partial charge in [0.2, 0.25) is 0 Å².